The molecule has 90 valence electrons. The van der Waals surface area contributed by atoms with Gasteiger partial charge in [-0.3, -0.25) is 0 Å². The van der Waals surface area contributed by atoms with E-state index in [0.717, 1.165) is 12.3 Å². The van der Waals surface area contributed by atoms with E-state index in [1.54, 1.807) is 7.11 Å². The molecule has 0 aliphatic rings. The zero-order chi connectivity index (χ0) is 11.8. The zero-order valence-electron chi connectivity index (χ0n) is 10.6. The normalized spacial score (nSPS) is 12.4. The molecular weight excluding hydrogens is 198 g/mol. The minimum atomic E-state index is 0.635. The molecule has 16 heavy (non-hydrogen) atoms. The maximum Gasteiger partial charge on any atom is 0.119 e. The lowest BCUT2D eigenvalue weighted by atomic mass is 10.1. The van der Waals surface area contributed by atoms with Crippen LogP contribution in [0.2, 0.25) is 0 Å². The van der Waals surface area contributed by atoms with Crippen molar-refractivity contribution in [3.05, 3.63) is 29.8 Å². The Balaban J connectivity index is 2.46. The van der Waals surface area contributed by atoms with Gasteiger partial charge in [0.05, 0.1) is 7.11 Å². The van der Waals surface area contributed by atoms with Crippen LogP contribution in [-0.4, -0.2) is 13.2 Å². The number of nitrogens with one attached hydrogen (secondary N) is 1. The lowest BCUT2D eigenvalue weighted by molar-refractivity contribution is 0.413. The van der Waals surface area contributed by atoms with Crippen LogP contribution in [0.25, 0.3) is 0 Å². The van der Waals surface area contributed by atoms with Crippen LogP contribution in [0.5, 0.6) is 5.75 Å². The molecule has 0 saturated carbocycles. The van der Waals surface area contributed by atoms with Crippen molar-refractivity contribution < 1.29 is 4.74 Å². The molecule has 0 saturated heterocycles. The molecule has 0 heterocycles. The van der Waals surface area contributed by atoms with Crippen LogP contribution in [0, 0.1) is 0 Å². The Labute approximate surface area is 99.0 Å². The van der Waals surface area contributed by atoms with E-state index in [-0.39, 0.29) is 0 Å². The van der Waals surface area contributed by atoms with Crippen LogP contribution >= 0.6 is 0 Å². The van der Waals surface area contributed by atoms with Gasteiger partial charge >= 0.3 is 0 Å². The molecule has 0 aromatic heterocycles. The van der Waals surface area contributed by atoms with Gasteiger partial charge in [0.2, 0.25) is 0 Å². The minimum absolute atomic E-state index is 0.635. The second kappa shape index (κ2) is 7.29. The van der Waals surface area contributed by atoms with Crippen molar-refractivity contribution in [2.45, 2.75) is 45.7 Å². The number of hydrogen-bond donors (Lipinski definition) is 1. The Hall–Kier alpha value is -1.02. The van der Waals surface area contributed by atoms with Gasteiger partial charge < -0.3 is 10.1 Å². The summed E-state index contributed by atoms with van der Waals surface area (Å²) in [5, 5.41) is 3.58. The maximum absolute atomic E-state index is 5.21. The van der Waals surface area contributed by atoms with E-state index in [4.69, 9.17) is 4.74 Å². The molecule has 1 rings (SSSR count). The topological polar surface area (TPSA) is 21.3 Å². The molecule has 2 nitrogen and oxygen atoms in total. The van der Waals surface area contributed by atoms with E-state index in [0.29, 0.717) is 6.04 Å². The summed E-state index contributed by atoms with van der Waals surface area (Å²) in [6.07, 6.45) is 3.68. The summed E-state index contributed by atoms with van der Waals surface area (Å²) in [6.45, 7) is 5.39. The molecule has 1 atom stereocenters. The molecule has 1 aromatic rings. The quantitative estimate of drug-likeness (QED) is 0.762. The first-order valence-electron chi connectivity index (χ1n) is 6.16. The minimum Gasteiger partial charge on any atom is -0.497 e. The van der Waals surface area contributed by atoms with Gasteiger partial charge in [-0.2, -0.15) is 0 Å². The smallest absolute Gasteiger partial charge is 0.119 e. The van der Waals surface area contributed by atoms with Gasteiger partial charge in [0.15, 0.2) is 0 Å². The zero-order valence-corrected chi connectivity index (χ0v) is 10.6. The van der Waals surface area contributed by atoms with Crippen LogP contribution in [0.15, 0.2) is 24.3 Å². The molecule has 0 aliphatic carbocycles. The first-order chi connectivity index (χ1) is 7.80. The van der Waals surface area contributed by atoms with Crippen molar-refractivity contribution in [1.29, 1.82) is 0 Å². The number of ether oxygens (including phenoxy) is 1. The summed E-state index contributed by atoms with van der Waals surface area (Å²) in [4.78, 5) is 0. The van der Waals surface area contributed by atoms with Crippen LogP contribution < -0.4 is 10.1 Å². The van der Waals surface area contributed by atoms with Crippen molar-refractivity contribution in [3.63, 3.8) is 0 Å². The molecule has 1 N–H and O–H groups in total. The number of methoxy groups -OCH3 is 1. The third-order valence-corrected chi connectivity index (χ3v) is 2.86. The largest absolute Gasteiger partial charge is 0.497 e. The molecule has 0 bridgehead atoms. The van der Waals surface area contributed by atoms with E-state index in [1.807, 2.05) is 12.1 Å². The summed E-state index contributed by atoms with van der Waals surface area (Å²) in [5.41, 5.74) is 1.29. The van der Waals surface area contributed by atoms with E-state index in [2.05, 4.69) is 31.3 Å². The number of hydrogen-bond acceptors (Lipinski definition) is 2. The fourth-order valence-corrected chi connectivity index (χ4v) is 1.84. The summed E-state index contributed by atoms with van der Waals surface area (Å²) in [5.74, 6) is 0.933. The van der Waals surface area contributed by atoms with E-state index < -0.39 is 0 Å². The monoisotopic (exact) mass is 221 g/mol. The molecule has 0 fully saturated rings. The highest BCUT2D eigenvalue weighted by atomic mass is 16.5. The number of benzene rings is 1. The Morgan fingerprint density at radius 2 is 2.12 bits per heavy atom. The molecule has 2 heteroatoms. The standard InChI is InChI=1S/C14H23NO/c1-4-7-13(5-2)15-11-12-8-6-9-14(10-12)16-3/h6,8-10,13,15H,4-5,7,11H2,1-3H3. The van der Waals surface area contributed by atoms with Gasteiger partial charge in [-0.05, 0) is 30.5 Å². The number of rotatable bonds is 7. The third-order valence-electron chi connectivity index (χ3n) is 2.86. The van der Waals surface area contributed by atoms with E-state index in [9.17, 15) is 0 Å². The van der Waals surface area contributed by atoms with Crippen molar-refractivity contribution in [2.24, 2.45) is 0 Å². The molecule has 0 spiro atoms. The average Bonchev–Trinajstić information content (AvgIpc) is 2.34. The van der Waals surface area contributed by atoms with Gasteiger partial charge in [0.1, 0.15) is 5.75 Å². The van der Waals surface area contributed by atoms with Crippen molar-refractivity contribution in [3.8, 4) is 5.75 Å². The first-order valence-corrected chi connectivity index (χ1v) is 6.16. The van der Waals surface area contributed by atoms with Crippen molar-refractivity contribution in [1.82, 2.24) is 5.32 Å². The van der Waals surface area contributed by atoms with Crippen LogP contribution in [0.1, 0.15) is 38.7 Å². The second-order valence-electron chi connectivity index (χ2n) is 4.13. The Morgan fingerprint density at radius 3 is 2.75 bits per heavy atom. The highest BCUT2D eigenvalue weighted by molar-refractivity contribution is 5.28. The molecule has 0 aliphatic heterocycles. The van der Waals surface area contributed by atoms with E-state index in [1.165, 1.54) is 24.8 Å². The maximum atomic E-state index is 5.21. The SMILES string of the molecule is CCCC(CC)NCc1cccc(OC)c1. The summed E-state index contributed by atoms with van der Waals surface area (Å²) >= 11 is 0. The Kier molecular flexibility index (Phi) is 5.94. The molecule has 0 amide bonds. The van der Waals surface area contributed by atoms with Crippen molar-refractivity contribution in [2.75, 3.05) is 7.11 Å². The van der Waals surface area contributed by atoms with Gasteiger partial charge in [-0.1, -0.05) is 32.4 Å². The second-order valence-corrected chi connectivity index (χ2v) is 4.13. The highest BCUT2D eigenvalue weighted by Gasteiger charge is 2.04. The predicted molar refractivity (Wildman–Crippen MR) is 68.8 cm³/mol. The van der Waals surface area contributed by atoms with Gasteiger partial charge in [0, 0.05) is 12.6 Å². The fraction of sp³-hybridized carbons (Fsp3) is 0.571. The van der Waals surface area contributed by atoms with Crippen molar-refractivity contribution >= 4 is 0 Å². The highest BCUT2D eigenvalue weighted by Crippen LogP contribution is 2.13. The molecule has 1 aromatic carbocycles. The van der Waals surface area contributed by atoms with Crippen LogP contribution in [0.3, 0.4) is 0 Å². The van der Waals surface area contributed by atoms with Crippen LogP contribution in [0.4, 0.5) is 0 Å². The molecule has 1 unspecified atom stereocenters. The predicted octanol–water partition coefficient (Wildman–Crippen LogP) is 3.36. The molecule has 0 radical (unpaired) electrons. The van der Waals surface area contributed by atoms with Gasteiger partial charge in [-0.25, -0.2) is 0 Å². The third kappa shape index (κ3) is 4.23. The van der Waals surface area contributed by atoms with Crippen LogP contribution in [-0.2, 0) is 6.54 Å². The molecular formula is C14H23NO. The summed E-state index contributed by atoms with van der Waals surface area (Å²) < 4.78 is 5.21. The summed E-state index contributed by atoms with van der Waals surface area (Å²) in [6, 6.07) is 8.87. The Bertz CT molecular complexity index is 299. The van der Waals surface area contributed by atoms with E-state index >= 15 is 0 Å². The van der Waals surface area contributed by atoms with Gasteiger partial charge in [-0.15, -0.1) is 0 Å². The Morgan fingerprint density at radius 1 is 1.31 bits per heavy atom. The summed E-state index contributed by atoms with van der Waals surface area (Å²) in [7, 11) is 1.71. The lowest BCUT2D eigenvalue weighted by Crippen LogP contribution is -2.27. The fourth-order valence-electron chi connectivity index (χ4n) is 1.84. The van der Waals surface area contributed by atoms with Gasteiger partial charge in [0.25, 0.3) is 0 Å². The first kappa shape index (κ1) is 13.0. The lowest BCUT2D eigenvalue weighted by Gasteiger charge is -2.16. The average molecular weight is 221 g/mol.